The third kappa shape index (κ3) is 3.94. The Kier molecular flexibility index (Phi) is 4.83. The number of carbonyl (C=O) groups excluding carboxylic acids is 1. The number of carbonyl (C=O) groups is 1. The van der Waals surface area contributed by atoms with E-state index < -0.39 is 4.92 Å². The number of hydrogen-bond donors (Lipinski definition) is 0. The molecule has 1 amide bonds. The molecular weight excluding hydrogens is 292 g/mol. The van der Waals surface area contributed by atoms with E-state index in [1.807, 2.05) is 0 Å². The lowest BCUT2D eigenvalue weighted by atomic mass is 10.1. The standard InChI is InChI=1S/C15H19ClN2O3/c1-10(2)7-8-17(12-4-5-12)15(19)13-9-11(16)3-6-14(13)18(20)21/h3,6,9-10,12H,4-5,7-8H2,1-2H3. The van der Waals surface area contributed by atoms with Crippen molar-refractivity contribution < 1.29 is 9.72 Å². The number of amides is 1. The Hall–Kier alpha value is -1.62. The highest BCUT2D eigenvalue weighted by Gasteiger charge is 2.35. The van der Waals surface area contributed by atoms with Crippen LogP contribution in [-0.2, 0) is 0 Å². The Morgan fingerprint density at radius 1 is 1.48 bits per heavy atom. The van der Waals surface area contributed by atoms with E-state index in [4.69, 9.17) is 11.6 Å². The monoisotopic (exact) mass is 310 g/mol. The second-order valence-electron chi connectivity index (χ2n) is 5.83. The normalized spacial score (nSPS) is 14.3. The summed E-state index contributed by atoms with van der Waals surface area (Å²) in [5.41, 5.74) is -0.0947. The molecule has 0 bridgehead atoms. The summed E-state index contributed by atoms with van der Waals surface area (Å²) in [5, 5.41) is 11.4. The third-order valence-electron chi connectivity index (χ3n) is 3.58. The third-order valence-corrected chi connectivity index (χ3v) is 3.82. The zero-order chi connectivity index (χ0) is 15.6. The Bertz CT molecular complexity index is 556. The maximum atomic E-state index is 12.7. The maximum absolute atomic E-state index is 12.7. The number of hydrogen-bond acceptors (Lipinski definition) is 3. The molecule has 1 saturated carbocycles. The second kappa shape index (κ2) is 6.43. The molecule has 0 radical (unpaired) electrons. The molecule has 0 atom stereocenters. The van der Waals surface area contributed by atoms with Crippen LogP contribution < -0.4 is 0 Å². The Morgan fingerprint density at radius 3 is 2.67 bits per heavy atom. The van der Waals surface area contributed by atoms with Crippen molar-refractivity contribution in [1.82, 2.24) is 4.90 Å². The van der Waals surface area contributed by atoms with Gasteiger partial charge in [-0.2, -0.15) is 0 Å². The van der Waals surface area contributed by atoms with Gasteiger partial charge in [-0.05, 0) is 37.3 Å². The molecule has 1 aliphatic rings. The van der Waals surface area contributed by atoms with E-state index in [9.17, 15) is 14.9 Å². The van der Waals surface area contributed by atoms with Crippen LogP contribution in [0.25, 0.3) is 0 Å². The van der Waals surface area contributed by atoms with E-state index in [1.54, 1.807) is 4.90 Å². The van der Waals surface area contributed by atoms with Gasteiger partial charge >= 0.3 is 0 Å². The first-order valence-electron chi connectivity index (χ1n) is 7.15. The summed E-state index contributed by atoms with van der Waals surface area (Å²) in [7, 11) is 0. The highest BCUT2D eigenvalue weighted by Crippen LogP contribution is 2.31. The lowest BCUT2D eigenvalue weighted by Crippen LogP contribution is -2.35. The van der Waals surface area contributed by atoms with E-state index in [0.717, 1.165) is 19.3 Å². The van der Waals surface area contributed by atoms with E-state index in [2.05, 4.69) is 13.8 Å². The highest BCUT2D eigenvalue weighted by atomic mass is 35.5. The summed E-state index contributed by atoms with van der Waals surface area (Å²) in [5.74, 6) is 0.195. The number of halogens is 1. The molecule has 0 heterocycles. The van der Waals surface area contributed by atoms with Crippen LogP contribution in [0.5, 0.6) is 0 Å². The first kappa shape index (κ1) is 15.8. The van der Waals surface area contributed by atoms with Gasteiger partial charge in [-0.1, -0.05) is 25.4 Å². The average Bonchev–Trinajstić information content (AvgIpc) is 3.22. The summed E-state index contributed by atoms with van der Waals surface area (Å²) >= 11 is 5.90. The largest absolute Gasteiger partial charge is 0.335 e. The van der Waals surface area contributed by atoms with Crippen molar-refractivity contribution in [3.8, 4) is 0 Å². The van der Waals surface area contributed by atoms with E-state index >= 15 is 0 Å². The van der Waals surface area contributed by atoms with E-state index in [1.165, 1.54) is 18.2 Å². The van der Waals surface area contributed by atoms with Crippen LogP contribution in [0.1, 0.15) is 43.5 Å². The molecule has 21 heavy (non-hydrogen) atoms. The van der Waals surface area contributed by atoms with Gasteiger partial charge in [0.25, 0.3) is 11.6 Å². The Morgan fingerprint density at radius 2 is 2.14 bits per heavy atom. The predicted octanol–water partition coefficient (Wildman–Crippen LogP) is 3.90. The molecule has 0 aromatic heterocycles. The Labute approximate surface area is 129 Å². The quantitative estimate of drug-likeness (QED) is 0.591. The molecule has 0 saturated heterocycles. The van der Waals surface area contributed by atoms with Gasteiger partial charge in [-0.25, -0.2) is 0 Å². The second-order valence-corrected chi connectivity index (χ2v) is 6.27. The van der Waals surface area contributed by atoms with Crippen molar-refractivity contribution in [2.75, 3.05) is 6.54 Å². The smallest absolute Gasteiger partial charge is 0.282 e. The fourth-order valence-corrected chi connectivity index (χ4v) is 2.40. The van der Waals surface area contributed by atoms with Crippen molar-refractivity contribution >= 4 is 23.2 Å². The zero-order valence-electron chi connectivity index (χ0n) is 12.2. The van der Waals surface area contributed by atoms with Crippen molar-refractivity contribution in [2.45, 2.75) is 39.2 Å². The molecule has 2 rings (SSSR count). The number of nitro groups is 1. The minimum atomic E-state index is -0.531. The Balaban J connectivity index is 2.27. The van der Waals surface area contributed by atoms with Crippen LogP contribution >= 0.6 is 11.6 Å². The van der Waals surface area contributed by atoms with Crippen molar-refractivity contribution in [1.29, 1.82) is 0 Å². The molecule has 0 unspecified atom stereocenters. The summed E-state index contributed by atoms with van der Waals surface area (Å²) < 4.78 is 0. The van der Waals surface area contributed by atoms with Gasteiger partial charge in [-0.3, -0.25) is 14.9 Å². The molecule has 6 heteroatoms. The molecular formula is C15H19ClN2O3. The molecule has 1 fully saturated rings. The first-order chi connectivity index (χ1) is 9.90. The maximum Gasteiger partial charge on any atom is 0.282 e. The summed E-state index contributed by atoms with van der Waals surface area (Å²) in [6, 6.07) is 4.34. The van der Waals surface area contributed by atoms with E-state index in [-0.39, 0.29) is 23.2 Å². The van der Waals surface area contributed by atoms with Crippen molar-refractivity contribution in [2.24, 2.45) is 5.92 Å². The predicted molar refractivity (Wildman–Crippen MR) is 81.6 cm³/mol. The van der Waals surface area contributed by atoms with Crippen LogP contribution in [-0.4, -0.2) is 28.3 Å². The number of rotatable bonds is 6. The van der Waals surface area contributed by atoms with Crippen LogP contribution in [0.2, 0.25) is 5.02 Å². The first-order valence-corrected chi connectivity index (χ1v) is 7.53. The van der Waals surface area contributed by atoms with Gasteiger partial charge < -0.3 is 4.90 Å². The van der Waals surface area contributed by atoms with Gasteiger partial charge in [0.1, 0.15) is 5.56 Å². The molecule has 0 aliphatic heterocycles. The van der Waals surface area contributed by atoms with Crippen molar-refractivity contribution in [3.63, 3.8) is 0 Å². The van der Waals surface area contributed by atoms with Crippen molar-refractivity contribution in [3.05, 3.63) is 38.9 Å². The lowest BCUT2D eigenvalue weighted by Gasteiger charge is -2.23. The van der Waals surface area contributed by atoms with Crippen LogP contribution in [0.15, 0.2) is 18.2 Å². The van der Waals surface area contributed by atoms with Gasteiger partial charge in [0.2, 0.25) is 0 Å². The minimum absolute atomic E-state index is 0.0863. The molecule has 1 aromatic carbocycles. The highest BCUT2D eigenvalue weighted by molar-refractivity contribution is 6.31. The number of nitro benzene ring substituents is 1. The molecule has 0 spiro atoms. The van der Waals surface area contributed by atoms with Gasteiger partial charge in [0.05, 0.1) is 4.92 Å². The molecule has 114 valence electrons. The SMILES string of the molecule is CC(C)CCN(C(=O)c1cc(Cl)ccc1[N+](=O)[O-])C1CC1. The molecule has 1 aliphatic carbocycles. The topological polar surface area (TPSA) is 63.5 Å². The molecule has 0 N–H and O–H groups in total. The fraction of sp³-hybridized carbons (Fsp3) is 0.533. The minimum Gasteiger partial charge on any atom is -0.335 e. The average molecular weight is 311 g/mol. The molecule has 5 nitrogen and oxygen atoms in total. The summed E-state index contributed by atoms with van der Waals surface area (Å²) in [4.78, 5) is 25.0. The lowest BCUT2D eigenvalue weighted by molar-refractivity contribution is -0.385. The van der Waals surface area contributed by atoms with Crippen LogP contribution in [0, 0.1) is 16.0 Å². The summed E-state index contributed by atoms with van der Waals surface area (Å²) in [6.07, 6.45) is 2.83. The fourth-order valence-electron chi connectivity index (χ4n) is 2.23. The molecule has 1 aromatic rings. The van der Waals surface area contributed by atoms with E-state index in [0.29, 0.717) is 17.5 Å². The number of benzene rings is 1. The van der Waals surface area contributed by atoms with Crippen LogP contribution in [0.3, 0.4) is 0 Å². The van der Waals surface area contributed by atoms with Crippen LogP contribution in [0.4, 0.5) is 5.69 Å². The zero-order valence-corrected chi connectivity index (χ0v) is 13.0. The number of nitrogens with zero attached hydrogens (tertiary/aromatic N) is 2. The van der Waals surface area contributed by atoms with Gasteiger partial charge in [-0.15, -0.1) is 0 Å². The van der Waals surface area contributed by atoms with Gasteiger partial charge in [0.15, 0.2) is 0 Å². The van der Waals surface area contributed by atoms with Gasteiger partial charge in [0, 0.05) is 23.7 Å². The summed E-state index contributed by atoms with van der Waals surface area (Å²) in [6.45, 7) is 4.82.